The molecule has 2 fully saturated rings. The van der Waals surface area contributed by atoms with Crippen molar-refractivity contribution in [2.75, 3.05) is 26.2 Å². The van der Waals surface area contributed by atoms with E-state index in [0.29, 0.717) is 17.6 Å². The van der Waals surface area contributed by atoms with Crippen molar-refractivity contribution in [1.82, 2.24) is 14.8 Å². The molecule has 0 spiro atoms. The zero-order valence-electron chi connectivity index (χ0n) is 13.6. The van der Waals surface area contributed by atoms with E-state index in [9.17, 15) is 4.79 Å². The normalized spacial score (nSPS) is 20.8. The number of carbonyl (C=O) groups excluding carboxylic acids is 1. The molecule has 4 rings (SSSR count). The maximum Gasteiger partial charge on any atom is 0.275 e. The Morgan fingerprint density at radius 2 is 2.12 bits per heavy atom. The molecule has 0 radical (unpaired) electrons. The van der Waals surface area contributed by atoms with E-state index in [0.717, 1.165) is 31.9 Å². The van der Waals surface area contributed by atoms with Gasteiger partial charge < -0.3 is 14.1 Å². The summed E-state index contributed by atoms with van der Waals surface area (Å²) < 4.78 is 11.0. The van der Waals surface area contributed by atoms with Gasteiger partial charge in [0.15, 0.2) is 12.3 Å². The van der Waals surface area contributed by atoms with E-state index >= 15 is 0 Å². The highest BCUT2D eigenvalue weighted by atomic mass is 16.5. The molecule has 3 heterocycles. The first-order chi connectivity index (χ1) is 11.8. The highest BCUT2D eigenvalue weighted by Crippen LogP contribution is 2.22. The van der Waals surface area contributed by atoms with Crippen molar-refractivity contribution in [3.05, 3.63) is 48.2 Å². The van der Waals surface area contributed by atoms with Gasteiger partial charge in [0.25, 0.3) is 5.91 Å². The molecule has 0 bridgehead atoms. The molecule has 1 atom stereocenters. The smallest absolute Gasteiger partial charge is 0.275 e. The summed E-state index contributed by atoms with van der Waals surface area (Å²) >= 11 is 0. The fourth-order valence-corrected chi connectivity index (χ4v) is 3.47. The Balaban J connectivity index is 1.36. The van der Waals surface area contributed by atoms with Gasteiger partial charge >= 0.3 is 0 Å². The zero-order valence-corrected chi connectivity index (χ0v) is 13.6. The maximum absolute atomic E-state index is 12.6. The first kappa shape index (κ1) is 15.2. The van der Waals surface area contributed by atoms with Crippen molar-refractivity contribution < 1.29 is 13.9 Å². The number of amides is 1. The van der Waals surface area contributed by atoms with Gasteiger partial charge in [-0.15, -0.1) is 0 Å². The lowest BCUT2D eigenvalue weighted by atomic mass is 10.1. The van der Waals surface area contributed by atoms with Gasteiger partial charge in [0, 0.05) is 25.7 Å². The molecule has 0 N–H and O–H groups in total. The second-order valence-electron chi connectivity index (χ2n) is 6.31. The molecule has 6 heteroatoms. The van der Waals surface area contributed by atoms with Crippen LogP contribution in [-0.2, 0) is 6.61 Å². The number of oxazole rings is 1. The van der Waals surface area contributed by atoms with Crippen LogP contribution in [0.2, 0.25) is 0 Å². The Morgan fingerprint density at radius 3 is 3.00 bits per heavy atom. The summed E-state index contributed by atoms with van der Waals surface area (Å²) in [4.78, 5) is 21.3. The maximum atomic E-state index is 12.6. The van der Waals surface area contributed by atoms with Crippen LogP contribution < -0.4 is 4.74 Å². The highest BCUT2D eigenvalue weighted by molar-refractivity contribution is 5.92. The van der Waals surface area contributed by atoms with Crippen LogP contribution in [-0.4, -0.2) is 52.9 Å². The topological polar surface area (TPSA) is 58.8 Å². The lowest BCUT2D eigenvalue weighted by Crippen LogP contribution is -2.52. The summed E-state index contributed by atoms with van der Waals surface area (Å²) in [7, 11) is 0. The molecule has 24 heavy (non-hydrogen) atoms. The summed E-state index contributed by atoms with van der Waals surface area (Å²) in [5.74, 6) is 1.12. The molecule has 0 saturated carbocycles. The number of piperazine rings is 1. The number of hydrogen-bond donors (Lipinski definition) is 0. The minimum absolute atomic E-state index is 0.0451. The van der Waals surface area contributed by atoms with Gasteiger partial charge in [0.2, 0.25) is 5.89 Å². The van der Waals surface area contributed by atoms with E-state index in [-0.39, 0.29) is 12.5 Å². The minimum Gasteiger partial charge on any atom is -0.484 e. The number of para-hydroxylation sites is 1. The van der Waals surface area contributed by atoms with Gasteiger partial charge in [0.05, 0.1) is 0 Å². The van der Waals surface area contributed by atoms with Crippen LogP contribution >= 0.6 is 0 Å². The second-order valence-corrected chi connectivity index (χ2v) is 6.31. The van der Waals surface area contributed by atoms with Gasteiger partial charge in [-0.25, -0.2) is 4.98 Å². The molecule has 2 aliphatic rings. The average molecular weight is 327 g/mol. The van der Waals surface area contributed by atoms with E-state index in [2.05, 4.69) is 9.88 Å². The molecular formula is C18H21N3O3. The van der Waals surface area contributed by atoms with Crippen molar-refractivity contribution in [3.63, 3.8) is 0 Å². The summed E-state index contributed by atoms with van der Waals surface area (Å²) in [6.07, 6.45) is 3.85. The zero-order chi connectivity index (χ0) is 16.4. The molecule has 1 amide bonds. The SMILES string of the molecule is O=C(c1coc(COc2ccccc2)n1)N1CCN2CCCC2C1. The summed E-state index contributed by atoms with van der Waals surface area (Å²) in [6.45, 7) is 3.89. The largest absolute Gasteiger partial charge is 0.484 e. The fourth-order valence-electron chi connectivity index (χ4n) is 3.47. The van der Waals surface area contributed by atoms with Crippen molar-refractivity contribution in [1.29, 1.82) is 0 Å². The summed E-state index contributed by atoms with van der Waals surface area (Å²) in [5, 5.41) is 0. The summed E-state index contributed by atoms with van der Waals surface area (Å²) in [5.41, 5.74) is 0.369. The number of fused-ring (bicyclic) bond motifs is 1. The lowest BCUT2D eigenvalue weighted by molar-refractivity contribution is 0.0565. The van der Waals surface area contributed by atoms with Gasteiger partial charge in [-0.3, -0.25) is 9.69 Å². The Labute approximate surface area is 141 Å². The molecule has 126 valence electrons. The third-order valence-electron chi connectivity index (χ3n) is 4.75. The van der Waals surface area contributed by atoms with Crippen molar-refractivity contribution >= 4 is 5.91 Å². The van der Waals surface area contributed by atoms with Gasteiger partial charge in [-0.2, -0.15) is 0 Å². The van der Waals surface area contributed by atoms with Gasteiger partial charge in [-0.1, -0.05) is 18.2 Å². The predicted octanol–water partition coefficient (Wildman–Crippen LogP) is 2.17. The molecule has 6 nitrogen and oxygen atoms in total. The Bertz CT molecular complexity index is 701. The van der Waals surface area contributed by atoms with Crippen LogP contribution in [0.25, 0.3) is 0 Å². The number of ether oxygens (including phenoxy) is 1. The van der Waals surface area contributed by atoms with Crippen molar-refractivity contribution in [2.24, 2.45) is 0 Å². The van der Waals surface area contributed by atoms with Crippen molar-refractivity contribution in [2.45, 2.75) is 25.5 Å². The number of aromatic nitrogens is 1. The van der Waals surface area contributed by atoms with Gasteiger partial charge in [0.1, 0.15) is 12.0 Å². The number of rotatable bonds is 4. The average Bonchev–Trinajstić information content (AvgIpc) is 3.29. The van der Waals surface area contributed by atoms with Crippen LogP contribution in [0.5, 0.6) is 5.75 Å². The first-order valence-electron chi connectivity index (χ1n) is 8.45. The van der Waals surface area contributed by atoms with Crippen molar-refractivity contribution in [3.8, 4) is 5.75 Å². The van der Waals surface area contributed by atoms with E-state index in [1.165, 1.54) is 19.1 Å². The van der Waals surface area contributed by atoms with Gasteiger partial charge in [-0.05, 0) is 31.5 Å². The first-order valence-corrected chi connectivity index (χ1v) is 8.45. The molecular weight excluding hydrogens is 306 g/mol. The molecule has 2 aliphatic heterocycles. The molecule has 2 aromatic rings. The number of benzene rings is 1. The van der Waals surface area contributed by atoms with E-state index in [1.807, 2.05) is 35.2 Å². The van der Waals surface area contributed by atoms with Crippen LogP contribution in [0, 0.1) is 0 Å². The molecule has 1 aromatic heterocycles. The third kappa shape index (κ3) is 3.14. The lowest BCUT2D eigenvalue weighted by Gasteiger charge is -2.37. The quantitative estimate of drug-likeness (QED) is 0.861. The number of hydrogen-bond acceptors (Lipinski definition) is 5. The third-order valence-corrected chi connectivity index (χ3v) is 4.75. The van der Waals surface area contributed by atoms with Crippen LogP contribution in [0.1, 0.15) is 29.2 Å². The summed E-state index contributed by atoms with van der Waals surface area (Å²) in [6, 6.07) is 9.99. The Kier molecular flexibility index (Phi) is 4.21. The molecule has 0 aliphatic carbocycles. The fraction of sp³-hybridized carbons (Fsp3) is 0.444. The molecule has 1 unspecified atom stereocenters. The number of nitrogens with zero attached hydrogens (tertiary/aromatic N) is 3. The predicted molar refractivity (Wildman–Crippen MR) is 87.8 cm³/mol. The van der Waals surface area contributed by atoms with E-state index in [4.69, 9.17) is 9.15 Å². The van der Waals surface area contributed by atoms with E-state index in [1.54, 1.807) is 0 Å². The number of carbonyl (C=O) groups is 1. The monoisotopic (exact) mass is 327 g/mol. The standard InChI is InChI=1S/C18H21N3O3/c22-18(21-10-9-20-8-4-5-14(20)11-21)16-12-24-17(19-16)13-23-15-6-2-1-3-7-15/h1-3,6-7,12,14H,4-5,8-11,13H2. The Morgan fingerprint density at radius 1 is 1.25 bits per heavy atom. The highest BCUT2D eigenvalue weighted by Gasteiger charge is 2.33. The van der Waals surface area contributed by atoms with E-state index < -0.39 is 0 Å². The molecule has 2 saturated heterocycles. The minimum atomic E-state index is -0.0451. The Hall–Kier alpha value is -2.34. The van der Waals surface area contributed by atoms with Crippen LogP contribution in [0.3, 0.4) is 0 Å². The van der Waals surface area contributed by atoms with Crippen LogP contribution in [0.15, 0.2) is 41.0 Å². The second kappa shape index (κ2) is 6.65. The molecule has 1 aromatic carbocycles. The van der Waals surface area contributed by atoms with Crippen LogP contribution in [0.4, 0.5) is 0 Å².